The fourth-order valence-corrected chi connectivity index (χ4v) is 4.76. The first-order chi connectivity index (χ1) is 14.5. The predicted octanol–water partition coefficient (Wildman–Crippen LogP) is 1.32. The van der Waals surface area contributed by atoms with Crippen molar-refractivity contribution in [2.45, 2.75) is 45.2 Å². The van der Waals surface area contributed by atoms with Crippen molar-refractivity contribution in [2.24, 2.45) is 5.41 Å². The highest BCUT2D eigenvalue weighted by molar-refractivity contribution is 5.90. The number of hydrogen-bond acceptors (Lipinski definition) is 6. The standard InChI is InChI=1S/C22H33N3O5/c1-17-2-3-18(30-17)14-25-19(4-5-20(25)26)21(27)23-15-22(6-10-28-11-7-22)16-24-8-12-29-13-9-24/h2-3,19H,4-16H2,1H3,(H,23,27). The first kappa shape index (κ1) is 21.3. The van der Waals surface area contributed by atoms with Crippen LogP contribution in [0.5, 0.6) is 0 Å². The summed E-state index contributed by atoms with van der Waals surface area (Å²) in [6.45, 7) is 8.64. The second-order valence-electron chi connectivity index (χ2n) is 8.81. The normalized spacial score (nSPS) is 24.9. The van der Waals surface area contributed by atoms with E-state index in [1.165, 1.54) is 0 Å². The van der Waals surface area contributed by atoms with E-state index in [-0.39, 0.29) is 17.2 Å². The maximum atomic E-state index is 13.1. The van der Waals surface area contributed by atoms with E-state index in [9.17, 15) is 9.59 Å². The largest absolute Gasteiger partial charge is 0.464 e. The monoisotopic (exact) mass is 419 g/mol. The molecule has 3 aliphatic rings. The van der Waals surface area contributed by atoms with Gasteiger partial charge in [0.15, 0.2) is 0 Å². The van der Waals surface area contributed by atoms with Gasteiger partial charge in [0.25, 0.3) is 0 Å². The van der Waals surface area contributed by atoms with Gasteiger partial charge in [-0.2, -0.15) is 0 Å². The molecule has 0 bridgehead atoms. The van der Waals surface area contributed by atoms with Gasteiger partial charge in [-0.1, -0.05) is 0 Å². The number of nitrogens with zero attached hydrogens (tertiary/aromatic N) is 2. The molecule has 3 aliphatic heterocycles. The summed E-state index contributed by atoms with van der Waals surface area (Å²) in [7, 11) is 0. The number of nitrogens with one attached hydrogen (secondary N) is 1. The zero-order chi connectivity index (χ0) is 21.0. The minimum Gasteiger partial charge on any atom is -0.464 e. The van der Waals surface area contributed by atoms with Crippen LogP contribution in [0.3, 0.4) is 0 Å². The zero-order valence-electron chi connectivity index (χ0n) is 17.9. The van der Waals surface area contributed by atoms with Gasteiger partial charge in [0.1, 0.15) is 17.6 Å². The van der Waals surface area contributed by atoms with Crippen molar-refractivity contribution in [1.29, 1.82) is 0 Å². The van der Waals surface area contributed by atoms with Crippen LogP contribution in [-0.2, 0) is 25.6 Å². The molecule has 0 radical (unpaired) electrons. The summed E-state index contributed by atoms with van der Waals surface area (Å²) in [5, 5.41) is 3.19. The second kappa shape index (κ2) is 9.49. The lowest BCUT2D eigenvalue weighted by atomic mass is 9.79. The molecule has 0 spiro atoms. The molecule has 1 aromatic heterocycles. The second-order valence-corrected chi connectivity index (χ2v) is 8.81. The van der Waals surface area contributed by atoms with Crippen LogP contribution in [0.4, 0.5) is 0 Å². The molecular formula is C22H33N3O5. The zero-order valence-corrected chi connectivity index (χ0v) is 17.9. The molecule has 4 heterocycles. The average Bonchev–Trinajstić information content (AvgIpc) is 3.33. The number of furan rings is 1. The number of carbonyl (C=O) groups excluding carboxylic acids is 2. The quantitative estimate of drug-likeness (QED) is 0.718. The van der Waals surface area contributed by atoms with Crippen LogP contribution in [0, 0.1) is 12.3 Å². The van der Waals surface area contributed by atoms with Crippen molar-refractivity contribution in [3.05, 3.63) is 23.7 Å². The van der Waals surface area contributed by atoms with E-state index in [2.05, 4.69) is 10.2 Å². The van der Waals surface area contributed by atoms with Gasteiger partial charge in [-0.15, -0.1) is 0 Å². The SMILES string of the molecule is Cc1ccc(CN2C(=O)CCC2C(=O)NCC2(CN3CCOCC3)CCOCC2)o1. The molecule has 166 valence electrons. The first-order valence-corrected chi connectivity index (χ1v) is 11.1. The molecule has 1 N–H and O–H groups in total. The molecule has 1 unspecified atom stereocenters. The molecular weight excluding hydrogens is 386 g/mol. The van der Waals surface area contributed by atoms with Gasteiger partial charge in [-0.05, 0) is 38.3 Å². The molecule has 8 heteroatoms. The summed E-state index contributed by atoms with van der Waals surface area (Å²) in [5.41, 5.74) is 0.0107. The molecule has 1 aromatic rings. The number of rotatable bonds is 7. The summed E-state index contributed by atoms with van der Waals surface area (Å²) in [6.07, 6.45) is 2.84. The Hall–Kier alpha value is -1.90. The number of amides is 2. The highest BCUT2D eigenvalue weighted by atomic mass is 16.5. The van der Waals surface area contributed by atoms with Crippen LogP contribution in [0.2, 0.25) is 0 Å². The van der Waals surface area contributed by atoms with E-state index in [1.54, 1.807) is 4.90 Å². The Morgan fingerprint density at radius 1 is 1.17 bits per heavy atom. The van der Waals surface area contributed by atoms with Crippen LogP contribution in [0.15, 0.2) is 16.5 Å². The van der Waals surface area contributed by atoms with Crippen molar-refractivity contribution in [1.82, 2.24) is 15.1 Å². The van der Waals surface area contributed by atoms with Gasteiger partial charge in [0, 0.05) is 51.2 Å². The Morgan fingerprint density at radius 3 is 2.60 bits per heavy atom. The lowest BCUT2D eigenvalue weighted by Gasteiger charge is -2.42. The topological polar surface area (TPSA) is 84.3 Å². The molecule has 2 amide bonds. The molecule has 0 aliphatic carbocycles. The van der Waals surface area contributed by atoms with Crippen molar-refractivity contribution in [3.8, 4) is 0 Å². The van der Waals surface area contributed by atoms with Gasteiger partial charge < -0.3 is 24.1 Å². The number of carbonyl (C=O) groups is 2. The first-order valence-electron chi connectivity index (χ1n) is 11.1. The van der Waals surface area contributed by atoms with Crippen molar-refractivity contribution in [3.63, 3.8) is 0 Å². The van der Waals surface area contributed by atoms with E-state index in [4.69, 9.17) is 13.9 Å². The molecule has 8 nitrogen and oxygen atoms in total. The maximum absolute atomic E-state index is 13.1. The van der Waals surface area contributed by atoms with E-state index in [0.29, 0.717) is 31.7 Å². The Kier molecular flexibility index (Phi) is 6.75. The fourth-order valence-electron chi connectivity index (χ4n) is 4.76. The summed E-state index contributed by atoms with van der Waals surface area (Å²) >= 11 is 0. The third-order valence-electron chi connectivity index (χ3n) is 6.61. The van der Waals surface area contributed by atoms with Crippen molar-refractivity contribution < 1.29 is 23.5 Å². The number of likely N-dealkylation sites (tertiary alicyclic amines) is 1. The van der Waals surface area contributed by atoms with E-state index in [1.807, 2.05) is 19.1 Å². The minimum atomic E-state index is -0.428. The Labute approximate surface area is 177 Å². The number of hydrogen-bond donors (Lipinski definition) is 1. The van der Waals surface area contributed by atoms with Crippen molar-refractivity contribution in [2.75, 3.05) is 52.6 Å². The number of ether oxygens (including phenoxy) is 2. The molecule has 30 heavy (non-hydrogen) atoms. The Balaban J connectivity index is 1.37. The molecule has 3 fully saturated rings. The minimum absolute atomic E-state index is 0.0107. The fraction of sp³-hybridized carbons (Fsp3) is 0.727. The van der Waals surface area contributed by atoms with Crippen LogP contribution >= 0.6 is 0 Å². The molecule has 4 rings (SSSR count). The van der Waals surface area contributed by atoms with E-state index in [0.717, 1.165) is 64.7 Å². The predicted molar refractivity (Wildman–Crippen MR) is 110 cm³/mol. The van der Waals surface area contributed by atoms with Gasteiger partial charge in [-0.25, -0.2) is 0 Å². The van der Waals surface area contributed by atoms with Gasteiger partial charge in [0.2, 0.25) is 11.8 Å². The van der Waals surface area contributed by atoms with Crippen LogP contribution in [-0.4, -0.2) is 80.3 Å². The van der Waals surface area contributed by atoms with Crippen LogP contribution in [0.25, 0.3) is 0 Å². The number of aryl methyl sites for hydroxylation is 1. The third kappa shape index (κ3) is 5.04. The highest BCUT2D eigenvalue weighted by Gasteiger charge is 2.39. The molecule has 3 saturated heterocycles. The van der Waals surface area contributed by atoms with Crippen LogP contribution < -0.4 is 5.32 Å². The molecule has 0 saturated carbocycles. The third-order valence-corrected chi connectivity index (χ3v) is 6.61. The lowest BCUT2D eigenvalue weighted by molar-refractivity contribution is -0.136. The highest BCUT2D eigenvalue weighted by Crippen LogP contribution is 2.32. The van der Waals surface area contributed by atoms with Gasteiger partial charge >= 0.3 is 0 Å². The van der Waals surface area contributed by atoms with Crippen LogP contribution in [0.1, 0.15) is 37.2 Å². The average molecular weight is 420 g/mol. The van der Waals surface area contributed by atoms with Crippen molar-refractivity contribution >= 4 is 11.8 Å². The van der Waals surface area contributed by atoms with Gasteiger partial charge in [-0.3, -0.25) is 14.5 Å². The Morgan fingerprint density at radius 2 is 1.90 bits per heavy atom. The molecule has 1 atom stereocenters. The molecule has 0 aromatic carbocycles. The van der Waals surface area contributed by atoms with E-state index < -0.39 is 6.04 Å². The Bertz CT molecular complexity index is 737. The summed E-state index contributed by atoms with van der Waals surface area (Å²) in [5.74, 6) is 1.48. The summed E-state index contributed by atoms with van der Waals surface area (Å²) in [4.78, 5) is 29.6. The summed E-state index contributed by atoms with van der Waals surface area (Å²) in [6, 6.07) is 3.32. The lowest BCUT2D eigenvalue weighted by Crippen LogP contribution is -2.53. The van der Waals surface area contributed by atoms with E-state index >= 15 is 0 Å². The smallest absolute Gasteiger partial charge is 0.242 e. The van der Waals surface area contributed by atoms with Gasteiger partial charge in [0.05, 0.1) is 19.8 Å². The summed E-state index contributed by atoms with van der Waals surface area (Å²) < 4.78 is 16.7. The maximum Gasteiger partial charge on any atom is 0.242 e. The number of morpholine rings is 1.